The van der Waals surface area contributed by atoms with Crippen molar-refractivity contribution in [3.63, 3.8) is 0 Å². The molecule has 0 spiro atoms. The summed E-state index contributed by atoms with van der Waals surface area (Å²) < 4.78 is 29.4. The van der Waals surface area contributed by atoms with Crippen LogP contribution in [-0.4, -0.2) is 23.1 Å². The largest absolute Gasteiger partial charge is 0.508 e. The van der Waals surface area contributed by atoms with Crippen LogP contribution >= 0.6 is 11.3 Å². The summed E-state index contributed by atoms with van der Waals surface area (Å²) >= 11 is 1.23. The van der Waals surface area contributed by atoms with Gasteiger partial charge in [-0.2, -0.15) is 0 Å². The summed E-state index contributed by atoms with van der Waals surface area (Å²) in [5.41, 5.74) is 2.76. The van der Waals surface area contributed by atoms with Crippen LogP contribution in [0.25, 0.3) is 5.69 Å². The number of aromatic nitrogens is 2. The number of thiazole rings is 1. The first kappa shape index (κ1) is 19.0. The number of sulfonamides is 1. The zero-order valence-corrected chi connectivity index (χ0v) is 16.8. The number of rotatable bonds is 7. The SMILES string of the molecule is O=S(=O)(Nc1nccs1)c1ccc(-n2cccc2CNc2ccc(O)cc2)cc1. The van der Waals surface area contributed by atoms with Crippen molar-refractivity contribution < 1.29 is 13.5 Å². The minimum atomic E-state index is -3.67. The molecule has 0 bridgehead atoms. The van der Waals surface area contributed by atoms with Crippen LogP contribution < -0.4 is 10.0 Å². The third-order valence-electron chi connectivity index (χ3n) is 4.25. The van der Waals surface area contributed by atoms with Gasteiger partial charge in [-0.3, -0.25) is 4.72 Å². The van der Waals surface area contributed by atoms with E-state index in [0.29, 0.717) is 11.7 Å². The van der Waals surface area contributed by atoms with Crippen LogP contribution in [0.4, 0.5) is 10.8 Å². The summed E-state index contributed by atoms with van der Waals surface area (Å²) in [4.78, 5) is 4.12. The second-order valence-corrected chi connectivity index (χ2v) is 8.78. The molecule has 0 aliphatic carbocycles. The maximum Gasteiger partial charge on any atom is 0.263 e. The van der Waals surface area contributed by atoms with Crippen LogP contribution in [-0.2, 0) is 16.6 Å². The van der Waals surface area contributed by atoms with E-state index in [-0.39, 0.29) is 10.6 Å². The second-order valence-electron chi connectivity index (χ2n) is 6.21. The van der Waals surface area contributed by atoms with E-state index < -0.39 is 10.0 Å². The van der Waals surface area contributed by atoms with Gasteiger partial charge < -0.3 is 15.0 Å². The lowest BCUT2D eigenvalue weighted by Gasteiger charge is -2.12. The third kappa shape index (κ3) is 4.41. The van der Waals surface area contributed by atoms with Crippen LogP contribution in [0.15, 0.2) is 83.3 Å². The van der Waals surface area contributed by atoms with Gasteiger partial charge in [-0.25, -0.2) is 13.4 Å². The molecule has 0 atom stereocenters. The number of hydrogen-bond donors (Lipinski definition) is 3. The molecule has 2 aromatic heterocycles. The Morgan fingerprint density at radius 2 is 1.79 bits per heavy atom. The van der Waals surface area contributed by atoms with E-state index in [1.165, 1.54) is 11.3 Å². The Kier molecular flexibility index (Phi) is 5.24. The summed E-state index contributed by atoms with van der Waals surface area (Å²) in [6.07, 6.45) is 3.47. The van der Waals surface area contributed by atoms with Gasteiger partial charge in [0.15, 0.2) is 5.13 Å². The van der Waals surface area contributed by atoms with Crippen LogP contribution in [0, 0.1) is 0 Å². The zero-order chi connectivity index (χ0) is 20.3. The number of benzene rings is 2. The van der Waals surface area contributed by atoms with Gasteiger partial charge in [0.2, 0.25) is 0 Å². The monoisotopic (exact) mass is 426 g/mol. The minimum Gasteiger partial charge on any atom is -0.508 e. The number of hydrogen-bond acceptors (Lipinski definition) is 6. The van der Waals surface area contributed by atoms with Gasteiger partial charge in [0, 0.05) is 34.8 Å². The summed E-state index contributed by atoms with van der Waals surface area (Å²) in [6, 6.07) is 17.5. The van der Waals surface area contributed by atoms with E-state index in [1.807, 2.05) is 22.9 Å². The van der Waals surface area contributed by atoms with Crippen LogP contribution in [0.1, 0.15) is 5.69 Å². The number of nitrogens with one attached hydrogen (secondary N) is 2. The number of phenols is 1. The first-order valence-electron chi connectivity index (χ1n) is 8.73. The molecular formula is C20H18N4O3S2. The molecule has 0 aliphatic rings. The minimum absolute atomic E-state index is 0.173. The van der Waals surface area contributed by atoms with Crippen molar-refractivity contribution in [1.82, 2.24) is 9.55 Å². The topological polar surface area (TPSA) is 96.2 Å². The van der Waals surface area contributed by atoms with Gasteiger partial charge in [-0.1, -0.05) is 0 Å². The summed E-state index contributed by atoms with van der Waals surface area (Å²) in [6.45, 7) is 0.573. The lowest BCUT2D eigenvalue weighted by atomic mass is 10.3. The van der Waals surface area contributed by atoms with Crippen molar-refractivity contribution in [2.24, 2.45) is 0 Å². The molecular weight excluding hydrogens is 408 g/mol. The molecule has 29 heavy (non-hydrogen) atoms. The van der Waals surface area contributed by atoms with Gasteiger partial charge in [0.05, 0.1) is 11.4 Å². The van der Waals surface area contributed by atoms with E-state index in [4.69, 9.17) is 0 Å². The van der Waals surface area contributed by atoms with Crippen molar-refractivity contribution in [2.75, 3.05) is 10.0 Å². The Balaban J connectivity index is 1.49. The Morgan fingerprint density at radius 3 is 2.48 bits per heavy atom. The molecule has 2 aromatic carbocycles. The normalized spacial score (nSPS) is 11.3. The molecule has 3 N–H and O–H groups in total. The molecule has 0 amide bonds. The quantitative estimate of drug-likeness (QED) is 0.388. The van der Waals surface area contributed by atoms with Crippen LogP contribution in [0.5, 0.6) is 5.75 Å². The van der Waals surface area contributed by atoms with Gasteiger partial charge in [0.25, 0.3) is 10.0 Å². The lowest BCUT2D eigenvalue weighted by Crippen LogP contribution is -2.13. The molecule has 0 saturated carbocycles. The predicted octanol–water partition coefficient (Wildman–Crippen LogP) is 4.05. The van der Waals surface area contributed by atoms with Gasteiger partial charge in [-0.05, 0) is 60.7 Å². The van der Waals surface area contributed by atoms with E-state index >= 15 is 0 Å². The first-order valence-corrected chi connectivity index (χ1v) is 11.1. The maximum absolute atomic E-state index is 12.5. The van der Waals surface area contributed by atoms with Crippen molar-refractivity contribution in [3.05, 3.63) is 84.1 Å². The lowest BCUT2D eigenvalue weighted by molar-refractivity contribution is 0.475. The molecule has 9 heteroatoms. The molecule has 0 radical (unpaired) electrons. The Morgan fingerprint density at radius 1 is 1.03 bits per heavy atom. The van der Waals surface area contributed by atoms with E-state index in [9.17, 15) is 13.5 Å². The van der Waals surface area contributed by atoms with Gasteiger partial charge in [0.1, 0.15) is 5.75 Å². The van der Waals surface area contributed by atoms with Crippen molar-refractivity contribution in [1.29, 1.82) is 0 Å². The van der Waals surface area contributed by atoms with Crippen molar-refractivity contribution in [3.8, 4) is 11.4 Å². The highest BCUT2D eigenvalue weighted by atomic mass is 32.2. The molecule has 0 fully saturated rings. The molecule has 148 valence electrons. The number of phenolic OH excluding ortho intramolecular Hbond substituents is 1. The van der Waals surface area contributed by atoms with Crippen molar-refractivity contribution >= 4 is 32.2 Å². The molecule has 0 unspecified atom stereocenters. The molecule has 4 rings (SSSR count). The average Bonchev–Trinajstić information content (AvgIpc) is 3.39. The first-order chi connectivity index (χ1) is 14.0. The standard InChI is InChI=1S/C20H18N4O3S2/c25-18-7-3-15(4-8-18)22-14-17-2-1-12-24(17)16-5-9-19(10-6-16)29(26,27)23-20-21-11-13-28-20/h1-13,22,25H,14H2,(H,21,23). The van der Waals surface area contributed by atoms with Gasteiger partial charge in [-0.15, -0.1) is 11.3 Å². The third-order valence-corrected chi connectivity index (χ3v) is 6.43. The highest BCUT2D eigenvalue weighted by Gasteiger charge is 2.15. The number of anilines is 2. The fraction of sp³-hybridized carbons (Fsp3) is 0.0500. The summed E-state index contributed by atoms with van der Waals surface area (Å²) in [5.74, 6) is 0.221. The maximum atomic E-state index is 12.5. The fourth-order valence-corrected chi connectivity index (χ4v) is 4.61. The summed E-state index contributed by atoms with van der Waals surface area (Å²) in [5, 5.41) is 14.7. The van der Waals surface area contributed by atoms with E-state index in [2.05, 4.69) is 15.0 Å². The molecule has 7 nitrogen and oxygen atoms in total. The van der Waals surface area contributed by atoms with E-state index in [0.717, 1.165) is 17.1 Å². The van der Waals surface area contributed by atoms with Crippen LogP contribution in [0.2, 0.25) is 0 Å². The van der Waals surface area contributed by atoms with Crippen LogP contribution in [0.3, 0.4) is 0 Å². The molecule has 2 heterocycles. The highest BCUT2D eigenvalue weighted by molar-refractivity contribution is 7.93. The smallest absolute Gasteiger partial charge is 0.263 e. The molecule has 4 aromatic rings. The number of aromatic hydroxyl groups is 1. The summed E-state index contributed by atoms with van der Waals surface area (Å²) in [7, 11) is -3.67. The number of nitrogens with zero attached hydrogens (tertiary/aromatic N) is 2. The second kappa shape index (κ2) is 7.98. The Bertz CT molecular complexity index is 1180. The zero-order valence-electron chi connectivity index (χ0n) is 15.2. The molecule has 0 saturated heterocycles. The van der Waals surface area contributed by atoms with E-state index in [1.54, 1.807) is 60.1 Å². The average molecular weight is 427 g/mol. The van der Waals surface area contributed by atoms with Crippen molar-refractivity contribution in [2.45, 2.75) is 11.4 Å². The van der Waals surface area contributed by atoms with Gasteiger partial charge >= 0.3 is 0 Å². The predicted molar refractivity (Wildman–Crippen MR) is 114 cm³/mol. The highest BCUT2D eigenvalue weighted by Crippen LogP contribution is 2.21. The Hall–Kier alpha value is -3.30. The Labute approximate surface area is 172 Å². The fourth-order valence-electron chi connectivity index (χ4n) is 2.82. The molecule has 0 aliphatic heterocycles.